The molecule has 0 radical (unpaired) electrons. The molecule has 1 aliphatic rings. The Hall–Kier alpha value is -2.37. The summed E-state index contributed by atoms with van der Waals surface area (Å²) in [6.45, 7) is 0. The zero-order chi connectivity index (χ0) is 13.8. The Labute approximate surface area is 116 Å². The molecule has 0 heterocycles. The first-order valence-corrected chi connectivity index (χ1v) is 6.21. The minimum Gasteiger partial charge on any atom is -0.511 e. The second kappa shape index (κ2) is 5.51. The van der Waals surface area contributed by atoms with Crippen LogP contribution in [0.4, 0.5) is 5.69 Å². The number of thiocarbonyl (C=S) groups is 1. The molecular formula is C14H11N3OS. The van der Waals surface area contributed by atoms with Gasteiger partial charge in [-0.1, -0.05) is 12.2 Å². The van der Waals surface area contributed by atoms with E-state index < -0.39 is 0 Å². The van der Waals surface area contributed by atoms with Crippen LogP contribution in [0, 0.1) is 28.6 Å². The molecule has 94 valence electrons. The summed E-state index contributed by atoms with van der Waals surface area (Å²) in [6.07, 6.45) is 1.80. The van der Waals surface area contributed by atoms with E-state index in [0.29, 0.717) is 11.3 Å². The third-order valence-corrected chi connectivity index (χ3v) is 3.14. The maximum Gasteiger partial charge on any atom is 0.125 e. The van der Waals surface area contributed by atoms with Gasteiger partial charge in [0.2, 0.25) is 0 Å². The highest BCUT2D eigenvalue weighted by molar-refractivity contribution is 7.81. The lowest BCUT2D eigenvalue weighted by atomic mass is 10.1. The van der Waals surface area contributed by atoms with Crippen molar-refractivity contribution in [2.75, 3.05) is 5.32 Å². The number of aliphatic hydroxyl groups excluding tert-OH is 1. The number of nitrogens with one attached hydrogen (secondary N) is 1. The predicted molar refractivity (Wildman–Crippen MR) is 75.4 cm³/mol. The molecule has 0 atom stereocenters. The lowest BCUT2D eigenvalue weighted by Crippen LogP contribution is -2.13. The summed E-state index contributed by atoms with van der Waals surface area (Å²) in [4.78, 5) is 0.205. The molecule has 0 bridgehead atoms. The molecule has 0 spiro atoms. The molecule has 0 saturated heterocycles. The van der Waals surface area contributed by atoms with Crippen LogP contribution < -0.4 is 5.32 Å². The highest BCUT2D eigenvalue weighted by atomic mass is 32.1. The molecule has 0 aromatic heterocycles. The van der Waals surface area contributed by atoms with Crippen molar-refractivity contribution in [2.24, 2.45) is 5.92 Å². The van der Waals surface area contributed by atoms with Crippen LogP contribution in [-0.4, -0.2) is 10.1 Å². The Morgan fingerprint density at radius 3 is 2.37 bits per heavy atom. The molecule has 1 fully saturated rings. The van der Waals surface area contributed by atoms with Crippen molar-refractivity contribution in [1.82, 2.24) is 0 Å². The third-order valence-electron chi connectivity index (χ3n) is 2.83. The zero-order valence-corrected chi connectivity index (χ0v) is 10.9. The van der Waals surface area contributed by atoms with Crippen molar-refractivity contribution in [3.05, 3.63) is 41.2 Å². The van der Waals surface area contributed by atoms with E-state index in [0.717, 1.165) is 12.8 Å². The number of hydrogen-bond donors (Lipinski definition) is 2. The van der Waals surface area contributed by atoms with Crippen LogP contribution in [0.5, 0.6) is 0 Å². The van der Waals surface area contributed by atoms with Crippen molar-refractivity contribution < 1.29 is 5.11 Å². The first-order valence-electron chi connectivity index (χ1n) is 5.80. The van der Waals surface area contributed by atoms with Gasteiger partial charge in [0.15, 0.2) is 0 Å². The number of anilines is 1. The average Bonchev–Trinajstić information content (AvgIpc) is 3.24. The molecule has 1 aliphatic carbocycles. The first-order chi connectivity index (χ1) is 9.15. The summed E-state index contributed by atoms with van der Waals surface area (Å²) in [5, 5.41) is 30.5. The fourth-order valence-electron chi connectivity index (χ4n) is 1.61. The summed E-state index contributed by atoms with van der Waals surface area (Å²) >= 11 is 5.12. The van der Waals surface area contributed by atoms with Gasteiger partial charge in [-0.25, -0.2) is 0 Å². The summed E-state index contributed by atoms with van der Waals surface area (Å²) in [7, 11) is 0. The van der Waals surface area contributed by atoms with Crippen LogP contribution in [0.2, 0.25) is 0 Å². The number of benzene rings is 1. The van der Waals surface area contributed by atoms with Crippen LogP contribution >= 0.6 is 12.2 Å². The molecular weight excluding hydrogens is 258 g/mol. The van der Waals surface area contributed by atoms with Crippen molar-refractivity contribution >= 4 is 22.9 Å². The Kier molecular flexibility index (Phi) is 3.79. The normalized spacial score (nSPS) is 14.8. The van der Waals surface area contributed by atoms with Crippen molar-refractivity contribution in [2.45, 2.75) is 12.8 Å². The molecule has 1 aromatic carbocycles. The van der Waals surface area contributed by atoms with Crippen LogP contribution in [0.3, 0.4) is 0 Å². The average molecular weight is 269 g/mol. The number of hydrogen-bond acceptors (Lipinski definition) is 4. The molecule has 1 saturated carbocycles. The van der Waals surface area contributed by atoms with E-state index in [1.807, 2.05) is 12.1 Å². The second-order valence-electron chi connectivity index (χ2n) is 4.29. The summed E-state index contributed by atoms with van der Waals surface area (Å²) in [6, 6.07) is 10.7. The van der Waals surface area contributed by atoms with Gasteiger partial charge in [-0.15, -0.1) is 0 Å². The van der Waals surface area contributed by atoms with Gasteiger partial charge in [0.25, 0.3) is 0 Å². The van der Waals surface area contributed by atoms with E-state index in [4.69, 9.17) is 22.7 Å². The number of rotatable bonds is 3. The fraction of sp³-hybridized carbons (Fsp3) is 0.214. The van der Waals surface area contributed by atoms with Gasteiger partial charge in [-0.3, -0.25) is 0 Å². The summed E-state index contributed by atoms with van der Waals surface area (Å²) < 4.78 is 0. The lowest BCUT2D eigenvalue weighted by molar-refractivity contribution is 0.377. The third kappa shape index (κ3) is 3.09. The minimum atomic E-state index is 0.0774. The standard InChI is InChI=1S/C14H11N3OS/c15-7-9-1-5-11(6-2-9)17-14(19)12(8-16)13(18)10-3-4-10/h1-2,5-6,10,18H,3-4H2,(H,17,19). The van der Waals surface area contributed by atoms with Crippen LogP contribution in [0.15, 0.2) is 35.6 Å². The Balaban J connectivity index is 2.14. The highest BCUT2D eigenvalue weighted by Gasteiger charge is 2.29. The molecule has 4 nitrogen and oxygen atoms in total. The number of nitriles is 2. The molecule has 0 unspecified atom stereocenters. The number of allylic oxidation sites excluding steroid dienone is 1. The lowest BCUT2D eigenvalue weighted by Gasteiger charge is -2.08. The van der Waals surface area contributed by atoms with Crippen LogP contribution in [0.1, 0.15) is 18.4 Å². The van der Waals surface area contributed by atoms with Gasteiger partial charge in [-0.05, 0) is 37.1 Å². The summed E-state index contributed by atoms with van der Waals surface area (Å²) in [5.74, 6) is 0.156. The molecule has 2 N–H and O–H groups in total. The SMILES string of the molecule is N#CC(C(=S)Nc1ccc(C#N)cc1)=C(O)C1CC1. The Bertz CT molecular complexity index is 616. The van der Waals surface area contributed by atoms with Gasteiger partial charge in [0, 0.05) is 11.6 Å². The molecule has 19 heavy (non-hydrogen) atoms. The minimum absolute atomic E-state index is 0.0774. The largest absolute Gasteiger partial charge is 0.511 e. The fourth-order valence-corrected chi connectivity index (χ4v) is 1.88. The smallest absolute Gasteiger partial charge is 0.125 e. The molecule has 2 rings (SSSR count). The van der Waals surface area contributed by atoms with Crippen LogP contribution in [0.25, 0.3) is 0 Å². The quantitative estimate of drug-likeness (QED) is 0.381. The van der Waals surface area contributed by atoms with Gasteiger partial charge in [-0.2, -0.15) is 10.5 Å². The molecule has 5 heteroatoms. The Morgan fingerprint density at radius 1 is 1.26 bits per heavy atom. The van der Waals surface area contributed by atoms with Gasteiger partial charge >= 0.3 is 0 Å². The zero-order valence-electron chi connectivity index (χ0n) is 10.1. The number of nitrogens with zero attached hydrogens (tertiary/aromatic N) is 2. The maximum absolute atomic E-state index is 9.87. The van der Waals surface area contributed by atoms with E-state index in [1.165, 1.54) is 0 Å². The van der Waals surface area contributed by atoms with E-state index >= 15 is 0 Å². The van der Waals surface area contributed by atoms with Gasteiger partial charge in [0.05, 0.1) is 11.6 Å². The van der Waals surface area contributed by atoms with E-state index in [9.17, 15) is 5.11 Å². The second-order valence-corrected chi connectivity index (χ2v) is 4.70. The van der Waals surface area contributed by atoms with Crippen molar-refractivity contribution in [3.8, 4) is 12.1 Å². The molecule has 0 aliphatic heterocycles. The van der Waals surface area contributed by atoms with Crippen LogP contribution in [-0.2, 0) is 0 Å². The Morgan fingerprint density at radius 2 is 1.89 bits per heavy atom. The topological polar surface area (TPSA) is 79.8 Å². The first kappa shape index (κ1) is 13.1. The van der Waals surface area contributed by atoms with Crippen molar-refractivity contribution in [3.63, 3.8) is 0 Å². The van der Waals surface area contributed by atoms with E-state index in [2.05, 4.69) is 5.32 Å². The summed E-state index contributed by atoms with van der Waals surface area (Å²) in [5.41, 5.74) is 1.36. The maximum atomic E-state index is 9.87. The predicted octanol–water partition coefficient (Wildman–Crippen LogP) is 3.04. The molecule has 1 aromatic rings. The van der Waals surface area contributed by atoms with E-state index in [-0.39, 0.29) is 22.2 Å². The molecule has 0 amide bonds. The van der Waals surface area contributed by atoms with Gasteiger partial charge < -0.3 is 10.4 Å². The van der Waals surface area contributed by atoms with Crippen molar-refractivity contribution in [1.29, 1.82) is 10.5 Å². The highest BCUT2D eigenvalue weighted by Crippen LogP contribution is 2.36. The number of aliphatic hydroxyl groups is 1. The van der Waals surface area contributed by atoms with E-state index in [1.54, 1.807) is 24.3 Å². The van der Waals surface area contributed by atoms with Gasteiger partial charge in [0.1, 0.15) is 22.4 Å². The monoisotopic (exact) mass is 269 g/mol.